The highest BCUT2D eigenvalue weighted by atomic mass is 35.5. The Labute approximate surface area is 111 Å². The molecule has 0 aliphatic rings. The van der Waals surface area contributed by atoms with Crippen molar-refractivity contribution < 1.29 is 0 Å². The molecule has 1 aromatic rings. The lowest BCUT2D eigenvalue weighted by atomic mass is 10.0. The van der Waals surface area contributed by atoms with Crippen LogP contribution in [0.1, 0.15) is 52.1 Å². The minimum absolute atomic E-state index is 0.311. The number of halogens is 1. The molecule has 0 bridgehead atoms. The van der Waals surface area contributed by atoms with Gasteiger partial charge in [0.15, 0.2) is 0 Å². The molecule has 1 rings (SSSR count). The van der Waals surface area contributed by atoms with Gasteiger partial charge in [-0.05, 0) is 44.2 Å². The molecule has 0 saturated heterocycles. The minimum Gasteiger partial charge on any atom is -0.308 e. The normalized spacial score (nSPS) is 14.9. The molecule has 0 aliphatic heterocycles. The lowest BCUT2D eigenvalue weighted by Crippen LogP contribution is -2.29. The number of rotatable bonds is 6. The Morgan fingerprint density at radius 2 is 1.71 bits per heavy atom. The van der Waals surface area contributed by atoms with Gasteiger partial charge in [-0.25, -0.2) is 0 Å². The van der Waals surface area contributed by atoms with E-state index in [1.807, 2.05) is 18.2 Å². The lowest BCUT2D eigenvalue weighted by Gasteiger charge is -2.21. The maximum absolute atomic E-state index is 6.19. The topological polar surface area (TPSA) is 12.0 Å². The molecule has 2 atom stereocenters. The van der Waals surface area contributed by atoms with Crippen molar-refractivity contribution in [3.63, 3.8) is 0 Å². The van der Waals surface area contributed by atoms with E-state index in [9.17, 15) is 0 Å². The first-order valence-electron chi connectivity index (χ1n) is 6.51. The summed E-state index contributed by atoms with van der Waals surface area (Å²) in [7, 11) is 0. The van der Waals surface area contributed by atoms with E-state index in [0.29, 0.717) is 12.1 Å². The number of hydrogen-bond donors (Lipinski definition) is 1. The monoisotopic (exact) mass is 253 g/mol. The molecule has 0 saturated carbocycles. The van der Waals surface area contributed by atoms with Gasteiger partial charge in [0.2, 0.25) is 0 Å². The van der Waals surface area contributed by atoms with Gasteiger partial charge in [-0.15, -0.1) is 0 Å². The van der Waals surface area contributed by atoms with Gasteiger partial charge < -0.3 is 5.32 Å². The molecule has 0 aromatic heterocycles. The standard InChI is InChI=1S/C15H24ClN/c1-11(2)9-10-12(3)17-13(4)14-7-5-6-8-15(14)16/h5-8,11-13,17H,9-10H2,1-4H3/t12?,13-/m0/s1. The van der Waals surface area contributed by atoms with E-state index in [1.165, 1.54) is 18.4 Å². The van der Waals surface area contributed by atoms with Gasteiger partial charge in [-0.3, -0.25) is 0 Å². The van der Waals surface area contributed by atoms with Crippen LogP contribution in [0.3, 0.4) is 0 Å². The summed E-state index contributed by atoms with van der Waals surface area (Å²) in [4.78, 5) is 0. The van der Waals surface area contributed by atoms with E-state index < -0.39 is 0 Å². The summed E-state index contributed by atoms with van der Waals surface area (Å²) in [5, 5.41) is 4.46. The number of nitrogens with one attached hydrogen (secondary N) is 1. The Bertz CT molecular complexity index is 335. The molecule has 17 heavy (non-hydrogen) atoms. The first kappa shape index (κ1) is 14.5. The predicted molar refractivity (Wildman–Crippen MR) is 76.5 cm³/mol. The van der Waals surface area contributed by atoms with Crippen molar-refractivity contribution in [2.24, 2.45) is 5.92 Å². The molecule has 96 valence electrons. The van der Waals surface area contributed by atoms with Gasteiger partial charge in [0.1, 0.15) is 0 Å². The van der Waals surface area contributed by atoms with Crippen molar-refractivity contribution in [2.45, 2.75) is 52.6 Å². The average molecular weight is 254 g/mol. The second-order valence-corrected chi connectivity index (χ2v) is 5.69. The average Bonchev–Trinajstić information content (AvgIpc) is 2.26. The van der Waals surface area contributed by atoms with E-state index in [1.54, 1.807) is 0 Å². The molecule has 1 aromatic carbocycles. The van der Waals surface area contributed by atoms with Crippen molar-refractivity contribution in [1.82, 2.24) is 5.32 Å². The largest absolute Gasteiger partial charge is 0.308 e. The predicted octanol–water partition coefficient (Wildman–Crippen LogP) is 4.82. The fourth-order valence-corrected chi connectivity index (χ4v) is 2.31. The molecule has 0 aliphatic carbocycles. The first-order valence-corrected chi connectivity index (χ1v) is 6.89. The summed E-state index contributed by atoms with van der Waals surface area (Å²) in [5.74, 6) is 0.773. The van der Waals surface area contributed by atoms with Gasteiger partial charge in [0.05, 0.1) is 0 Å². The molecule has 2 heteroatoms. The molecule has 0 heterocycles. The third kappa shape index (κ3) is 5.10. The Morgan fingerprint density at radius 1 is 1.06 bits per heavy atom. The van der Waals surface area contributed by atoms with E-state index in [2.05, 4.69) is 39.1 Å². The van der Waals surface area contributed by atoms with E-state index in [0.717, 1.165) is 10.9 Å². The summed E-state index contributed by atoms with van der Waals surface area (Å²) in [6, 6.07) is 8.90. The quantitative estimate of drug-likeness (QED) is 0.767. The van der Waals surface area contributed by atoms with Gasteiger partial charge in [-0.2, -0.15) is 0 Å². The highest BCUT2D eigenvalue weighted by Gasteiger charge is 2.12. The smallest absolute Gasteiger partial charge is 0.0453 e. The van der Waals surface area contributed by atoms with Crippen LogP contribution in [0, 0.1) is 5.92 Å². The molecule has 0 radical (unpaired) electrons. The van der Waals surface area contributed by atoms with Crippen LogP contribution in [0.4, 0.5) is 0 Å². The summed E-state index contributed by atoms with van der Waals surface area (Å²) < 4.78 is 0. The second-order valence-electron chi connectivity index (χ2n) is 5.28. The fourth-order valence-electron chi connectivity index (χ4n) is 2.01. The third-order valence-corrected chi connectivity index (χ3v) is 3.43. The van der Waals surface area contributed by atoms with Gasteiger partial charge in [0, 0.05) is 17.1 Å². The van der Waals surface area contributed by atoms with Crippen LogP contribution in [0.2, 0.25) is 5.02 Å². The minimum atomic E-state index is 0.311. The lowest BCUT2D eigenvalue weighted by molar-refractivity contribution is 0.417. The molecule has 0 spiro atoms. The molecule has 1 unspecified atom stereocenters. The van der Waals surface area contributed by atoms with Crippen molar-refractivity contribution in [1.29, 1.82) is 0 Å². The second kappa shape index (κ2) is 7.03. The van der Waals surface area contributed by atoms with E-state index in [4.69, 9.17) is 11.6 Å². The highest BCUT2D eigenvalue weighted by molar-refractivity contribution is 6.31. The first-order chi connectivity index (χ1) is 8.00. The molecular formula is C15H24ClN. The van der Waals surface area contributed by atoms with Crippen molar-refractivity contribution in [3.8, 4) is 0 Å². The van der Waals surface area contributed by atoms with Gasteiger partial charge in [-0.1, -0.05) is 43.6 Å². The van der Waals surface area contributed by atoms with E-state index >= 15 is 0 Å². The Balaban J connectivity index is 2.49. The summed E-state index contributed by atoms with van der Waals surface area (Å²) in [6.07, 6.45) is 2.48. The fraction of sp³-hybridized carbons (Fsp3) is 0.600. The van der Waals surface area contributed by atoms with Crippen LogP contribution in [-0.4, -0.2) is 6.04 Å². The molecule has 1 nitrogen and oxygen atoms in total. The zero-order valence-electron chi connectivity index (χ0n) is 11.3. The van der Waals surface area contributed by atoms with Gasteiger partial charge >= 0.3 is 0 Å². The van der Waals surface area contributed by atoms with Crippen LogP contribution in [0.15, 0.2) is 24.3 Å². The Morgan fingerprint density at radius 3 is 2.29 bits per heavy atom. The van der Waals surface area contributed by atoms with Crippen LogP contribution in [0.5, 0.6) is 0 Å². The Kier molecular flexibility index (Phi) is 6.01. The summed E-state index contributed by atoms with van der Waals surface area (Å²) in [5.41, 5.74) is 1.19. The third-order valence-electron chi connectivity index (χ3n) is 3.08. The molecular weight excluding hydrogens is 230 g/mol. The van der Waals surface area contributed by atoms with Gasteiger partial charge in [0.25, 0.3) is 0 Å². The maximum atomic E-state index is 6.19. The number of hydrogen-bond acceptors (Lipinski definition) is 1. The molecule has 1 N–H and O–H groups in total. The maximum Gasteiger partial charge on any atom is 0.0453 e. The zero-order valence-corrected chi connectivity index (χ0v) is 12.1. The van der Waals surface area contributed by atoms with Crippen LogP contribution in [-0.2, 0) is 0 Å². The summed E-state index contributed by atoms with van der Waals surface area (Å²) >= 11 is 6.19. The molecule has 0 fully saturated rings. The molecule has 0 amide bonds. The van der Waals surface area contributed by atoms with Crippen molar-refractivity contribution in [2.75, 3.05) is 0 Å². The zero-order chi connectivity index (χ0) is 12.8. The Hall–Kier alpha value is -0.530. The van der Waals surface area contributed by atoms with Crippen LogP contribution < -0.4 is 5.32 Å². The van der Waals surface area contributed by atoms with Crippen LogP contribution in [0.25, 0.3) is 0 Å². The van der Waals surface area contributed by atoms with E-state index in [-0.39, 0.29) is 0 Å². The highest BCUT2D eigenvalue weighted by Crippen LogP contribution is 2.23. The van der Waals surface area contributed by atoms with Crippen molar-refractivity contribution >= 4 is 11.6 Å². The van der Waals surface area contributed by atoms with Crippen LogP contribution >= 0.6 is 11.6 Å². The summed E-state index contributed by atoms with van der Waals surface area (Å²) in [6.45, 7) is 8.96. The number of benzene rings is 1. The van der Waals surface area contributed by atoms with Crippen molar-refractivity contribution in [3.05, 3.63) is 34.9 Å². The SMILES string of the molecule is CC(C)CCC(C)N[C@@H](C)c1ccccc1Cl.